The molecule has 0 saturated carbocycles. The average molecular weight is 259 g/mol. The number of piperidine rings is 1. The van der Waals surface area contributed by atoms with Gasteiger partial charge in [-0.1, -0.05) is 44.5 Å². The van der Waals surface area contributed by atoms with Gasteiger partial charge in [0.25, 0.3) is 0 Å². The van der Waals surface area contributed by atoms with E-state index in [-0.39, 0.29) is 11.7 Å². The molecule has 2 nitrogen and oxygen atoms in total. The summed E-state index contributed by atoms with van der Waals surface area (Å²) in [7, 11) is 0. The Hall–Kier alpha value is -1.15. The maximum atomic E-state index is 12.4. The molecule has 1 aliphatic rings. The van der Waals surface area contributed by atoms with Crippen molar-refractivity contribution < 1.29 is 4.79 Å². The molecule has 1 aromatic rings. The molecule has 1 fully saturated rings. The van der Waals surface area contributed by atoms with Gasteiger partial charge in [-0.05, 0) is 37.9 Å². The van der Waals surface area contributed by atoms with Crippen molar-refractivity contribution in [3.8, 4) is 0 Å². The summed E-state index contributed by atoms with van der Waals surface area (Å²) in [5, 5.41) is 0. The lowest BCUT2D eigenvalue weighted by molar-refractivity contribution is 0.0883. The molecule has 0 unspecified atom stereocenters. The minimum atomic E-state index is 0.102. The summed E-state index contributed by atoms with van der Waals surface area (Å²) in [6, 6.07) is 8.10. The summed E-state index contributed by atoms with van der Waals surface area (Å²) >= 11 is 0. The molecule has 0 amide bonds. The molecule has 104 valence electrons. The van der Waals surface area contributed by atoms with Gasteiger partial charge in [-0.25, -0.2) is 0 Å². The van der Waals surface area contributed by atoms with Crippen molar-refractivity contribution in [3.05, 3.63) is 35.4 Å². The number of carbonyl (C=O) groups is 1. The lowest BCUT2D eigenvalue weighted by atomic mass is 9.97. The van der Waals surface area contributed by atoms with Gasteiger partial charge in [0, 0.05) is 18.0 Å². The molecule has 0 radical (unpaired) electrons. The maximum Gasteiger partial charge on any atom is 0.166 e. The number of aryl methyl sites for hydroxylation is 1. The van der Waals surface area contributed by atoms with Gasteiger partial charge in [0.2, 0.25) is 0 Å². The van der Waals surface area contributed by atoms with Crippen molar-refractivity contribution in [2.45, 2.75) is 39.5 Å². The Labute approximate surface area is 116 Å². The van der Waals surface area contributed by atoms with Crippen molar-refractivity contribution in [3.63, 3.8) is 0 Å². The predicted octanol–water partition coefficient (Wildman–Crippen LogP) is 3.55. The van der Waals surface area contributed by atoms with E-state index in [0.717, 1.165) is 31.6 Å². The van der Waals surface area contributed by atoms with E-state index in [1.165, 1.54) is 24.8 Å². The minimum Gasteiger partial charge on any atom is -0.303 e. The van der Waals surface area contributed by atoms with E-state index in [1.807, 2.05) is 12.1 Å². The molecule has 0 N–H and O–H groups in total. The summed E-state index contributed by atoms with van der Waals surface area (Å²) in [5.74, 6) is 0.388. The Morgan fingerprint density at radius 1 is 1.16 bits per heavy atom. The van der Waals surface area contributed by atoms with Crippen LogP contribution in [-0.4, -0.2) is 30.3 Å². The van der Waals surface area contributed by atoms with Crippen LogP contribution in [0, 0.1) is 5.92 Å². The normalized spacial score (nSPS) is 18.2. The second-order valence-electron chi connectivity index (χ2n) is 5.68. The summed E-state index contributed by atoms with van der Waals surface area (Å²) < 4.78 is 0. The number of carbonyl (C=O) groups excluding carboxylic acids is 1. The van der Waals surface area contributed by atoms with Gasteiger partial charge in [-0.2, -0.15) is 0 Å². The zero-order valence-corrected chi connectivity index (χ0v) is 12.2. The first-order chi connectivity index (χ1) is 9.20. The smallest absolute Gasteiger partial charge is 0.166 e. The lowest BCUT2D eigenvalue weighted by Gasteiger charge is -2.28. The van der Waals surface area contributed by atoms with Crippen LogP contribution < -0.4 is 0 Å². The minimum absolute atomic E-state index is 0.102. The molecule has 1 aliphatic heterocycles. The van der Waals surface area contributed by atoms with Crippen molar-refractivity contribution >= 4 is 5.78 Å². The third kappa shape index (κ3) is 3.90. The first kappa shape index (κ1) is 14.3. The highest BCUT2D eigenvalue weighted by atomic mass is 16.1. The Morgan fingerprint density at radius 3 is 2.37 bits per heavy atom. The highest BCUT2D eigenvalue weighted by Crippen LogP contribution is 2.15. The molecular weight excluding hydrogens is 234 g/mol. The van der Waals surface area contributed by atoms with Gasteiger partial charge in [0.05, 0.1) is 0 Å². The number of hydrogen-bond acceptors (Lipinski definition) is 2. The second kappa shape index (κ2) is 6.85. The van der Waals surface area contributed by atoms with E-state index < -0.39 is 0 Å². The quantitative estimate of drug-likeness (QED) is 0.754. The van der Waals surface area contributed by atoms with Gasteiger partial charge in [0.15, 0.2) is 5.78 Å². The largest absolute Gasteiger partial charge is 0.303 e. The molecule has 0 aliphatic carbocycles. The molecule has 0 bridgehead atoms. The molecule has 19 heavy (non-hydrogen) atoms. The third-order valence-corrected chi connectivity index (χ3v) is 4.08. The van der Waals surface area contributed by atoms with E-state index in [4.69, 9.17) is 0 Å². The molecule has 2 heteroatoms. The van der Waals surface area contributed by atoms with Gasteiger partial charge in [-0.15, -0.1) is 0 Å². The Bertz CT molecular complexity index is 404. The van der Waals surface area contributed by atoms with E-state index in [2.05, 4.69) is 30.9 Å². The SMILES string of the molecule is CCc1ccc(C(=O)[C@H](C)CN2CCCCC2)cc1. The monoisotopic (exact) mass is 259 g/mol. The van der Waals surface area contributed by atoms with Crippen LogP contribution in [-0.2, 0) is 6.42 Å². The number of nitrogens with zero attached hydrogens (tertiary/aromatic N) is 1. The Morgan fingerprint density at radius 2 is 1.79 bits per heavy atom. The van der Waals surface area contributed by atoms with Crippen LogP contribution in [0.25, 0.3) is 0 Å². The van der Waals surface area contributed by atoms with Gasteiger partial charge < -0.3 is 4.90 Å². The van der Waals surface area contributed by atoms with Crippen LogP contribution in [0.3, 0.4) is 0 Å². The van der Waals surface area contributed by atoms with Crippen molar-refractivity contribution in [1.82, 2.24) is 4.90 Å². The van der Waals surface area contributed by atoms with Crippen LogP contribution in [0.4, 0.5) is 0 Å². The van der Waals surface area contributed by atoms with Crippen molar-refractivity contribution in [2.75, 3.05) is 19.6 Å². The fraction of sp³-hybridized carbons (Fsp3) is 0.588. The third-order valence-electron chi connectivity index (χ3n) is 4.08. The van der Waals surface area contributed by atoms with Crippen LogP contribution in [0.15, 0.2) is 24.3 Å². The van der Waals surface area contributed by atoms with Crippen molar-refractivity contribution in [1.29, 1.82) is 0 Å². The number of Topliss-reactive ketones (excluding diaryl/α,β-unsaturated/α-hetero) is 1. The Kier molecular flexibility index (Phi) is 5.15. The van der Waals surface area contributed by atoms with E-state index in [1.54, 1.807) is 0 Å². The summed E-state index contributed by atoms with van der Waals surface area (Å²) in [4.78, 5) is 14.8. The summed E-state index contributed by atoms with van der Waals surface area (Å²) in [6.45, 7) is 7.42. The predicted molar refractivity (Wildman–Crippen MR) is 79.6 cm³/mol. The van der Waals surface area contributed by atoms with Crippen LogP contribution in [0.5, 0.6) is 0 Å². The van der Waals surface area contributed by atoms with Crippen LogP contribution in [0.2, 0.25) is 0 Å². The molecule has 2 rings (SSSR count). The molecular formula is C17H25NO. The highest BCUT2D eigenvalue weighted by molar-refractivity contribution is 5.97. The van der Waals surface area contributed by atoms with Gasteiger partial charge >= 0.3 is 0 Å². The van der Waals surface area contributed by atoms with E-state index >= 15 is 0 Å². The zero-order chi connectivity index (χ0) is 13.7. The van der Waals surface area contributed by atoms with E-state index in [9.17, 15) is 4.79 Å². The molecule has 0 aromatic heterocycles. The summed E-state index contributed by atoms with van der Waals surface area (Å²) in [6.07, 6.45) is 4.94. The maximum absolute atomic E-state index is 12.4. The summed E-state index contributed by atoms with van der Waals surface area (Å²) in [5.41, 5.74) is 2.15. The number of hydrogen-bond donors (Lipinski definition) is 0. The van der Waals surface area contributed by atoms with Crippen LogP contribution >= 0.6 is 0 Å². The number of likely N-dealkylation sites (tertiary alicyclic amines) is 1. The second-order valence-corrected chi connectivity index (χ2v) is 5.68. The van der Waals surface area contributed by atoms with Crippen LogP contribution in [0.1, 0.15) is 49.0 Å². The fourth-order valence-electron chi connectivity index (χ4n) is 2.80. The van der Waals surface area contributed by atoms with Crippen molar-refractivity contribution in [2.24, 2.45) is 5.92 Å². The highest BCUT2D eigenvalue weighted by Gasteiger charge is 2.19. The standard InChI is InChI=1S/C17H25NO/c1-3-15-7-9-16(10-8-15)17(19)14(2)13-18-11-5-4-6-12-18/h7-10,14H,3-6,11-13H2,1-2H3/t14-/m1/s1. The number of benzene rings is 1. The zero-order valence-electron chi connectivity index (χ0n) is 12.2. The molecule has 1 heterocycles. The van der Waals surface area contributed by atoms with E-state index in [0.29, 0.717) is 0 Å². The topological polar surface area (TPSA) is 20.3 Å². The first-order valence-electron chi connectivity index (χ1n) is 7.56. The average Bonchev–Trinajstić information content (AvgIpc) is 2.47. The molecule has 1 atom stereocenters. The molecule has 0 spiro atoms. The number of ketones is 1. The molecule has 1 saturated heterocycles. The molecule has 1 aromatic carbocycles. The Balaban J connectivity index is 1.93. The number of rotatable bonds is 5. The van der Waals surface area contributed by atoms with Gasteiger partial charge in [0.1, 0.15) is 0 Å². The fourth-order valence-corrected chi connectivity index (χ4v) is 2.80. The lowest BCUT2D eigenvalue weighted by Crippen LogP contribution is -2.35. The van der Waals surface area contributed by atoms with Gasteiger partial charge in [-0.3, -0.25) is 4.79 Å². The first-order valence-corrected chi connectivity index (χ1v) is 7.56.